The van der Waals surface area contributed by atoms with E-state index in [0.29, 0.717) is 32.3 Å². The zero-order valence-corrected chi connectivity index (χ0v) is 19.2. The van der Waals surface area contributed by atoms with E-state index in [-0.39, 0.29) is 5.75 Å². The lowest BCUT2D eigenvalue weighted by Crippen LogP contribution is -2.57. The average molecular weight is 438 g/mol. The Hall–Kier alpha value is -1.64. The summed E-state index contributed by atoms with van der Waals surface area (Å²) in [5, 5.41) is 3.31. The van der Waals surface area contributed by atoms with Gasteiger partial charge >= 0.3 is 0 Å². The van der Waals surface area contributed by atoms with Gasteiger partial charge in [0.2, 0.25) is 0 Å². The SMILES string of the molecule is CCNC(=NCc1ccc(COC2CCOCC2)cc1)N1CCS(=O)(=O)C(C)(C)C1. The molecule has 1 aromatic rings. The molecule has 2 aliphatic heterocycles. The van der Waals surface area contributed by atoms with Crippen molar-refractivity contribution < 1.29 is 17.9 Å². The molecule has 30 heavy (non-hydrogen) atoms. The number of aliphatic imine (C=N–C) groups is 1. The maximum absolute atomic E-state index is 12.3. The van der Waals surface area contributed by atoms with E-state index in [1.165, 1.54) is 0 Å². The smallest absolute Gasteiger partial charge is 0.194 e. The van der Waals surface area contributed by atoms with Gasteiger partial charge in [-0.05, 0) is 44.7 Å². The van der Waals surface area contributed by atoms with E-state index in [0.717, 1.165) is 49.7 Å². The highest BCUT2D eigenvalue weighted by Gasteiger charge is 2.40. The van der Waals surface area contributed by atoms with Crippen molar-refractivity contribution in [1.29, 1.82) is 0 Å². The van der Waals surface area contributed by atoms with Crippen LogP contribution in [0.25, 0.3) is 0 Å². The highest BCUT2D eigenvalue weighted by molar-refractivity contribution is 7.92. The maximum Gasteiger partial charge on any atom is 0.194 e. The number of benzene rings is 1. The Bertz CT molecular complexity index is 815. The minimum atomic E-state index is -3.07. The number of ether oxygens (including phenoxy) is 2. The van der Waals surface area contributed by atoms with Crippen LogP contribution in [0.4, 0.5) is 0 Å². The molecular formula is C22H35N3O4S. The summed E-state index contributed by atoms with van der Waals surface area (Å²) < 4.78 is 35.2. The molecule has 0 amide bonds. The number of rotatable bonds is 6. The third-order valence-electron chi connectivity index (χ3n) is 5.77. The third kappa shape index (κ3) is 5.95. The second-order valence-electron chi connectivity index (χ2n) is 8.61. The van der Waals surface area contributed by atoms with Crippen molar-refractivity contribution in [2.45, 2.75) is 57.6 Å². The molecule has 0 unspecified atom stereocenters. The first kappa shape index (κ1) is 23.0. The molecule has 8 heteroatoms. The Labute approximate surface area is 180 Å². The van der Waals surface area contributed by atoms with Crippen LogP contribution in [0, 0.1) is 0 Å². The number of guanidine groups is 1. The molecule has 7 nitrogen and oxygen atoms in total. The molecule has 0 spiro atoms. The second-order valence-corrected chi connectivity index (χ2v) is 11.4. The Morgan fingerprint density at radius 2 is 1.90 bits per heavy atom. The van der Waals surface area contributed by atoms with Crippen molar-refractivity contribution in [2.24, 2.45) is 4.99 Å². The van der Waals surface area contributed by atoms with Crippen LogP contribution in [0.2, 0.25) is 0 Å². The molecule has 3 rings (SSSR count). The number of nitrogens with one attached hydrogen (secondary N) is 1. The van der Waals surface area contributed by atoms with Gasteiger partial charge in [-0.3, -0.25) is 0 Å². The molecule has 2 saturated heterocycles. The van der Waals surface area contributed by atoms with Gasteiger partial charge in [0.05, 0.1) is 29.8 Å². The lowest BCUT2D eigenvalue weighted by atomic mass is 10.1. The fourth-order valence-corrected chi connectivity index (χ4v) is 5.08. The molecule has 0 aliphatic carbocycles. The molecule has 168 valence electrons. The first-order valence-corrected chi connectivity index (χ1v) is 12.5. The van der Waals surface area contributed by atoms with Crippen LogP contribution in [0.5, 0.6) is 0 Å². The predicted octanol–water partition coefficient (Wildman–Crippen LogP) is 2.36. The minimum absolute atomic E-state index is 0.159. The van der Waals surface area contributed by atoms with Crippen molar-refractivity contribution in [1.82, 2.24) is 10.2 Å². The van der Waals surface area contributed by atoms with Crippen LogP contribution in [-0.4, -0.2) is 68.7 Å². The Morgan fingerprint density at radius 3 is 2.53 bits per heavy atom. The molecular weight excluding hydrogens is 402 g/mol. The summed E-state index contributed by atoms with van der Waals surface area (Å²) in [5.74, 6) is 0.930. The van der Waals surface area contributed by atoms with E-state index < -0.39 is 14.6 Å². The highest BCUT2D eigenvalue weighted by Crippen LogP contribution is 2.24. The van der Waals surface area contributed by atoms with Crippen molar-refractivity contribution in [3.05, 3.63) is 35.4 Å². The molecule has 0 bridgehead atoms. The molecule has 2 aliphatic rings. The summed E-state index contributed by atoms with van der Waals surface area (Å²) in [6.45, 7) is 10.0. The number of hydrogen-bond acceptors (Lipinski definition) is 5. The lowest BCUT2D eigenvalue weighted by Gasteiger charge is -2.39. The zero-order chi connectivity index (χ0) is 21.6. The van der Waals surface area contributed by atoms with Gasteiger partial charge in [0.25, 0.3) is 0 Å². The van der Waals surface area contributed by atoms with Gasteiger partial charge in [0.1, 0.15) is 0 Å². The van der Waals surface area contributed by atoms with Crippen LogP contribution in [0.3, 0.4) is 0 Å². The first-order valence-electron chi connectivity index (χ1n) is 10.8. The van der Waals surface area contributed by atoms with E-state index in [4.69, 9.17) is 14.5 Å². The zero-order valence-electron chi connectivity index (χ0n) is 18.4. The fraction of sp³-hybridized carbons (Fsp3) is 0.682. The maximum atomic E-state index is 12.3. The molecule has 0 radical (unpaired) electrons. The molecule has 0 saturated carbocycles. The average Bonchev–Trinajstić information content (AvgIpc) is 2.73. The van der Waals surface area contributed by atoms with E-state index in [9.17, 15) is 8.42 Å². The number of sulfone groups is 1. The van der Waals surface area contributed by atoms with Crippen molar-refractivity contribution in [3.8, 4) is 0 Å². The summed E-state index contributed by atoms with van der Waals surface area (Å²) in [6, 6.07) is 8.35. The van der Waals surface area contributed by atoms with Crippen LogP contribution in [0.15, 0.2) is 29.3 Å². The van der Waals surface area contributed by atoms with E-state index in [1.54, 1.807) is 13.8 Å². The predicted molar refractivity (Wildman–Crippen MR) is 119 cm³/mol. The summed E-state index contributed by atoms with van der Waals surface area (Å²) in [4.78, 5) is 6.82. The summed E-state index contributed by atoms with van der Waals surface area (Å²) >= 11 is 0. The van der Waals surface area contributed by atoms with Crippen LogP contribution >= 0.6 is 0 Å². The monoisotopic (exact) mass is 437 g/mol. The Kier molecular flexibility index (Phi) is 7.76. The summed E-state index contributed by atoms with van der Waals surface area (Å²) in [7, 11) is -3.07. The van der Waals surface area contributed by atoms with Gasteiger partial charge in [-0.15, -0.1) is 0 Å². The van der Waals surface area contributed by atoms with Crippen molar-refractivity contribution >= 4 is 15.8 Å². The normalized spacial score (nSPS) is 22.1. The molecule has 0 aromatic heterocycles. The number of nitrogens with zero attached hydrogens (tertiary/aromatic N) is 2. The Balaban J connectivity index is 1.58. The fourth-order valence-electron chi connectivity index (χ4n) is 3.71. The van der Waals surface area contributed by atoms with E-state index in [2.05, 4.69) is 34.5 Å². The minimum Gasteiger partial charge on any atom is -0.381 e. The van der Waals surface area contributed by atoms with E-state index in [1.807, 2.05) is 6.92 Å². The molecule has 1 N–H and O–H groups in total. The van der Waals surface area contributed by atoms with Gasteiger partial charge in [-0.1, -0.05) is 24.3 Å². The highest BCUT2D eigenvalue weighted by atomic mass is 32.2. The summed E-state index contributed by atoms with van der Waals surface area (Å²) in [6.07, 6.45) is 2.23. The largest absolute Gasteiger partial charge is 0.381 e. The molecule has 1 aromatic carbocycles. The topological polar surface area (TPSA) is 80.2 Å². The van der Waals surface area contributed by atoms with Crippen LogP contribution in [-0.2, 0) is 32.5 Å². The Morgan fingerprint density at radius 1 is 1.23 bits per heavy atom. The van der Waals surface area contributed by atoms with Gasteiger partial charge in [-0.25, -0.2) is 13.4 Å². The quantitative estimate of drug-likeness (QED) is 0.544. The lowest BCUT2D eigenvalue weighted by molar-refractivity contribution is -0.0390. The molecule has 2 fully saturated rings. The first-order chi connectivity index (χ1) is 14.3. The van der Waals surface area contributed by atoms with Crippen LogP contribution < -0.4 is 5.32 Å². The number of hydrogen-bond donors (Lipinski definition) is 1. The van der Waals surface area contributed by atoms with Crippen molar-refractivity contribution in [3.63, 3.8) is 0 Å². The van der Waals surface area contributed by atoms with Gasteiger partial charge in [0.15, 0.2) is 15.8 Å². The van der Waals surface area contributed by atoms with Crippen LogP contribution in [0.1, 0.15) is 44.7 Å². The summed E-state index contributed by atoms with van der Waals surface area (Å²) in [5.41, 5.74) is 2.27. The molecule has 0 atom stereocenters. The van der Waals surface area contributed by atoms with Gasteiger partial charge in [0, 0.05) is 32.8 Å². The second kappa shape index (κ2) is 10.1. The van der Waals surface area contributed by atoms with Gasteiger partial charge < -0.3 is 19.7 Å². The standard InChI is InChI=1S/C22H35N3O4S/c1-4-23-21(25-11-14-30(26,27)22(2,3)17-25)24-15-18-5-7-19(8-6-18)16-29-20-9-12-28-13-10-20/h5-8,20H,4,9-17H2,1-3H3,(H,23,24). The third-order valence-corrected chi connectivity index (χ3v) is 8.30. The van der Waals surface area contributed by atoms with E-state index >= 15 is 0 Å². The molecule has 2 heterocycles. The van der Waals surface area contributed by atoms with Crippen molar-refractivity contribution in [2.75, 3.05) is 38.6 Å². The van der Waals surface area contributed by atoms with Gasteiger partial charge in [-0.2, -0.15) is 0 Å².